The third-order valence-corrected chi connectivity index (χ3v) is 3.54. The van der Waals surface area contributed by atoms with Gasteiger partial charge in [0, 0.05) is 6.20 Å². The van der Waals surface area contributed by atoms with Crippen LogP contribution >= 0.6 is 0 Å². The lowest BCUT2D eigenvalue weighted by atomic mass is 10.2. The molecule has 0 saturated heterocycles. The third-order valence-electron chi connectivity index (χ3n) is 2.21. The van der Waals surface area contributed by atoms with Crippen LogP contribution in [-0.2, 0) is 10.0 Å². The van der Waals surface area contributed by atoms with Crippen LogP contribution in [0.4, 0.5) is 11.4 Å². The summed E-state index contributed by atoms with van der Waals surface area (Å²) in [7, 11) is -3.97. The second-order valence-electron chi connectivity index (χ2n) is 3.50. The van der Waals surface area contributed by atoms with Crippen molar-refractivity contribution in [3.8, 4) is 5.75 Å². The van der Waals surface area contributed by atoms with Crippen LogP contribution in [0.2, 0.25) is 0 Å². The fraction of sp³-hybridized carbons (Fsp3) is 0. The Bertz CT molecular complexity index is 710. The van der Waals surface area contributed by atoms with E-state index in [-0.39, 0.29) is 16.3 Å². The SMILES string of the molecule is O=[N+]([O-])c1cc(O)ccc1NS(=O)(=O)c1cn[nH]c1. The van der Waals surface area contributed by atoms with E-state index in [2.05, 4.69) is 14.9 Å². The van der Waals surface area contributed by atoms with Crippen LogP contribution in [0.3, 0.4) is 0 Å². The molecular weight excluding hydrogens is 276 g/mol. The number of aromatic amines is 1. The number of nitrogens with one attached hydrogen (secondary N) is 2. The highest BCUT2D eigenvalue weighted by Crippen LogP contribution is 2.29. The molecule has 2 rings (SSSR count). The summed E-state index contributed by atoms with van der Waals surface area (Å²) in [5, 5.41) is 25.8. The highest BCUT2D eigenvalue weighted by molar-refractivity contribution is 7.92. The fourth-order valence-electron chi connectivity index (χ4n) is 1.35. The number of hydrogen-bond acceptors (Lipinski definition) is 6. The van der Waals surface area contributed by atoms with Crippen molar-refractivity contribution in [1.82, 2.24) is 10.2 Å². The first kappa shape index (κ1) is 12.8. The van der Waals surface area contributed by atoms with Crippen molar-refractivity contribution in [1.29, 1.82) is 0 Å². The van der Waals surface area contributed by atoms with Crippen molar-refractivity contribution in [3.05, 3.63) is 40.7 Å². The van der Waals surface area contributed by atoms with Crippen molar-refractivity contribution < 1.29 is 18.4 Å². The summed E-state index contributed by atoms with van der Waals surface area (Å²) >= 11 is 0. The number of nitro groups is 1. The molecule has 0 fully saturated rings. The number of benzene rings is 1. The summed E-state index contributed by atoms with van der Waals surface area (Å²) in [5.74, 6) is -0.335. The standard InChI is InChI=1S/C9H8N4O5S/c14-6-1-2-8(9(3-6)13(15)16)12-19(17,18)7-4-10-11-5-7/h1-5,12,14H,(H,10,11). The smallest absolute Gasteiger partial charge is 0.297 e. The lowest BCUT2D eigenvalue weighted by Gasteiger charge is -2.06. The average molecular weight is 284 g/mol. The van der Waals surface area contributed by atoms with Crippen molar-refractivity contribution >= 4 is 21.4 Å². The molecule has 1 heterocycles. The van der Waals surface area contributed by atoms with E-state index in [0.717, 1.165) is 30.6 Å². The van der Waals surface area contributed by atoms with Crippen molar-refractivity contribution in [2.24, 2.45) is 0 Å². The van der Waals surface area contributed by atoms with Gasteiger partial charge in [-0.3, -0.25) is 19.9 Å². The maximum Gasteiger partial charge on any atom is 0.297 e. The minimum absolute atomic E-state index is 0.158. The Morgan fingerprint density at radius 3 is 2.74 bits per heavy atom. The minimum Gasteiger partial charge on any atom is -0.508 e. The Balaban J connectivity index is 2.42. The molecule has 0 radical (unpaired) electrons. The molecule has 10 heteroatoms. The number of hydrogen-bond donors (Lipinski definition) is 3. The third kappa shape index (κ3) is 2.63. The first-order valence-electron chi connectivity index (χ1n) is 4.89. The van der Waals surface area contributed by atoms with Gasteiger partial charge >= 0.3 is 0 Å². The normalized spacial score (nSPS) is 11.2. The molecule has 0 saturated carbocycles. The zero-order chi connectivity index (χ0) is 14.0. The van der Waals surface area contributed by atoms with Gasteiger partial charge in [-0.2, -0.15) is 5.10 Å². The monoisotopic (exact) mass is 284 g/mol. The van der Waals surface area contributed by atoms with E-state index in [1.165, 1.54) is 0 Å². The molecule has 0 atom stereocenters. The number of nitro benzene ring substituents is 1. The van der Waals surface area contributed by atoms with Gasteiger partial charge in [0.15, 0.2) is 0 Å². The molecule has 19 heavy (non-hydrogen) atoms. The number of nitrogens with zero attached hydrogens (tertiary/aromatic N) is 2. The Labute approximate surface area is 107 Å². The van der Waals surface area contributed by atoms with E-state index in [9.17, 15) is 23.6 Å². The second kappa shape index (κ2) is 4.57. The molecule has 0 unspecified atom stereocenters. The first-order valence-corrected chi connectivity index (χ1v) is 6.37. The van der Waals surface area contributed by atoms with Gasteiger partial charge in [-0.25, -0.2) is 8.42 Å². The summed E-state index contributed by atoms with van der Waals surface area (Å²) in [6.45, 7) is 0. The maximum absolute atomic E-state index is 11.9. The zero-order valence-electron chi connectivity index (χ0n) is 9.27. The molecule has 0 amide bonds. The van der Waals surface area contributed by atoms with Gasteiger partial charge < -0.3 is 5.11 Å². The minimum atomic E-state index is -3.97. The van der Waals surface area contributed by atoms with E-state index in [0.29, 0.717) is 0 Å². The number of sulfonamides is 1. The van der Waals surface area contributed by atoms with Crippen LogP contribution in [0.15, 0.2) is 35.5 Å². The molecule has 1 aromatic carbocycles. The molecule has 2 aromatic rings. The zero-order valence-corrected chi connectivity index (χ0v) is 10.1. The maximum atomic E-state index is 11.9. The van der Waals surface area contributed by atoms with Crippen LogP contribution in [0, 0.1) is 10.1 Å². The number of H-pyrrole nitrogens is 1. The molecule has 1 aromatic heterocycles. The molecule has 9 nitrogen and oxygen atoms in total. The molecule has 0 spiro atoms. The summed E-state index contributed by atoms with van der Waals surface area (Å²) in [4.78, 5) is 9.83. The predicted octanol–water partition coefficient (Wildman–Crippen LogP) is 0.824. The Morgan fingerprint density at radius 2 is 2.16 bits per heavy atom. The molecule has 100 valence electrons. The van der Waals surface area contributed by atoms with Crippen molar-refractivity contribution in [2.45, 2.75) is 4.90 Å². The average Bonchev–Trinajstić information content (AvgIpc) is 2.85. The van der Waals surface area contributed by atoms with Crippen molar-refractivity contribution in [3.63, 3.8) is 0 Å². The van der Waals surface area contributed by atoms with E-state index < -0.39 is 20.6 Å². The molecule has 0 bridgehead atoms. The van der Waals surface area contributed by atoms with Crippen LogP contribution in [-0.4, -0.2) is 28.6 Å². The van der Waals surface area contributed by atoms with Crippen LogP contribution < -0.4 is 4.72 Å². The Morgan fingerprint density at radius 1 is 1.42 bits per heavy atom. The summed E-state index contributed by atoms with van der Waals surface area (Å²) < 4.78 is 25.8. The van der Waals surface area contributed by atoms with E-state index in [1.54, 1.807) is 0 Å². The van der Waals surface area contributed by atoms with Gasteiger partial charge in [-0.05, 0) is 12.1 Å². The number of phenolic OH excluding ortho intramolecular Hbond substituents is 1. The number of aromatic hydroxyl groups is 1. The van der Waals surface area contributed by atoms with Gasteiger partial charge in [0.05, 0.1) is 17.2 Å². The number of aromatic nitrogens is 2. The van der Waals surface area contributed by atoms with Crippen LogP contribution in [0.25, 0.3) is 0 Å². The van der Waals surface area contributed by atoms with Crippen LogP contribution in [0.1, 0.15) is 0 Å². The van der Waals surface area contributed by atoms with Gasteiger partial charge in [-0.15, -0.1) is 0 Å². The van der Waals surface area contributed by atoms with Gasteiger partial charge in [0.25, 0.3) is 15.7 Å². The number of phenols is 1. The van der Waals surface area contributed by atoms with Gasteiger partial charge in [0.2, 0.25) is 0 Å². The fourth-order valence-corrected chi connectivity index (χ4v) is 2.33. The Hall–Kier alpha value is -2.62. The molecule has 3 N–H and O–H groups in total. The quantitative estimate of drug-likeness (QED) is 0.431. The van der Waals surface area contributed by atoms with Crippen molar-refractivity contribution in [2.75, 3.05) is 4.72 Å². The highest BCUT2D eigenvalue weighted by atomic mass is 32.2. The van der Waals surface area contributed by atoms with Gasteiger partial charge in [-0.1, -0.05) is 0 Å². The number of rotatable bonds is 4. The molecule has 0 aliphatic carbocycles. The van der Waals surface area contributed by atoms with Gasteiger partial charge in [0.1, 0.15) is 16.3 Å². The summed E-state index contributed by atoms with van der Waals surface area (Å²) in [6.07, 6.45) is 2.20. The molecule has 0 aliphatic heterocycles. The lowest BCUT2D eigenvalue weighted by molar-refractivity contribution is -0.384. The Kier molecular flexibility index (Phi) is 3.09. The van der Waals surface area contributed by atoms with E-state index in [1.807, 2.05) is 0 Å². The lowest BCUT2D eigenvalue weighted by Crippen LogP contribution is -2.13. The first-order chi connectivity index (χ1) is 8.90. The molecule has 0 aliphatic rings. The second-order valence-corrected chi connectivity index (χ2v) is 5.18. The predicted molar refractivity (Wildman–Crippen MR) is 64.2 cm³/mol. The topological polar surface area (TPSA) is 138 Å². The van der Waals surface area contributed by atoms with Crippen LogP contribution in [0.5, 0.6) is 5.75 Å². The largest absolute Gasteiger partial charge is 0.508 e. The highest BCUT2D eigenvalue weighted by Gasteiger charge is 2.21. The van der Waals surface area contributed by atoms with E-state index in [4.69, 9.17) is 0 Å². The number of anilines is 1. The summed E-state index contributed by atoms with van der Waals surface area (Å²) in [5.41, 5.74) is -0.795. The molecular formula is C9H8N4O5S. The summed E-state index contributed by atoms with van der Waals surface area (Å²) in [6, 6.07) is 3.10. The van der Waals surface area contributed by atoms with E-state index >= 15 is 0 Å².